The van der Waals surface area contributed by atoms with Gasteiger partial charge >= 0.3 is 0 Å². The zero-order valence-corrected chi connectivity index (χ0v) is 21.7. The lowest BCUT2D eigenvalue weighted by molar-refractivity contribution is -0.120. The molecule has 0 bridgehead atoms. The van der Waals surface area contributed by atoms with Crippen LogP contribution in [0, 0.1) is 11.7 Å². The molecule has 9 nitrogen and oxygen atoms in total. The fourth-order valence-corrected chi connectivity index (χ4v) is 7.73. The molecule has 0 aromatic heterocycles. The fraction of sp³-hybridized carbons (Fsp3) is 0.458. The highest BCUT2D eigenvalue weighted by molar-refractivity contribution is 7.89. The first-order valence-corrected chi connectivity index (χ1v) is 14.8. The van der Waals surface area contributed by atoms with Crippen molar-refractivity contribution in [3.05, 3.63) is 48.3 Å². The number of amides is 1. The first-order valence-electron chi connectivity index (χ1n) is 11.9. The molecular weight excluding hydrogens is 509 g/mol. The maximum atomic E-state index is 13.2. The van der Waals surface area contributed by atoms with Gasteiger partial charge in [-0.2, -0.15) is 8.61 Å². The van der Waals surface area contributed by atoms with Crippen LogP contribution < -0.4 is 10.1 Å². The van der Waals surface area contributed by atoms with Crippen molar-refractivity contribution in [1.29, 1.82) is 0 Å². The molecule has 4 rings (SSSR count). The fourth-order valence-electron chi connectivity index (χ4n) is 4.56. The van der Waals surface area contributed by atoms with E-state index in [0.717, 1.165) is 31.4 Å². The Labute approximate surface area is 211 Å². The molecule has 2 aromatic rings. The summed E-state index contributed by atoms with van der Waals surface area (Å²) in [6.45, 7) is 1.19. The third-order valence-electron chi connectivity index (χ3n) is 6.64. The molecule has 1 N–H and O–H groups in total. The number of hydrogen-bond acceptors (Lipinski definition) is 6. The monoisotopic (exact) mass is 539 g/mol. The molecule has 0 atom stereocenters. The zero-order chi connectivity index (χ0) is 25.9. The van der Waals surface area contributed by atoms with Crippen molar-refractivity contribution < 1.29 is 30.8 Å². The minimum atomic E-state index is -3.78. The standard InChI is InChI=1S/C24H30FN3O6S2/c1-34-22-10-7-20(17-23(22)36(32,33)27-13-3-2-4-14-27)26-24(29)18-11-15-28(16-12-18)35(30,31)21-8-5-19(25)6-9-21/h5-10,17-18H,2-4,11-16H2,1H3,(H,26,29). The molecule has 0 spiro atoms. The number of halogens is 1. The Morgan fingerprint density at radius 3 is 2.11 bits per heavy atom. The molecule has 2 fully saturated rings. The van der Waals surface area contributed by atoms with Crippen LogP contribution in [0.4, 0.5) is 10.1 Å². The second-order valence-electron chi connectivity index (χ2n) is 8.95. The minimum absolute atomic E-state index is 0.00455. The number of carbonyl (C=O) groups is 1. The van der Waals surface area contributed by atoms with Crippen LogP contribution >= 0.6 is 0 Å². The number of benzene rings is 2. The highest BCUT2D eigenvalue weighted by Gasteiger charge is 2.33. The van der Waals surface area contributed by atoms with Crippen molar-refractivity contribution in [2.75, 3.05) is 38.6 Å². The van der Waals surface area contributed by atoms with Crippen LogP contribution in [0.1, 0.15) is 32.1 Å². The Kier molecular flexibility index (Phi) is 7.98. The number of nitrogens with zero attached hydrogens (tertiary/aromatic N) is 2. The normalized spacial score (nSPS) is 18.6. The largest absolute Gasteiger partial charge is 0.495 e. The first-order chi connectivity index (χ1) is 17.1. The smallest absolute Gasteiger partial charge is 0.246 e. The predicted molar refractivity (Wildman–Crippen MR) is 132 cm³/mol. The summed E-state index contributed by atoms with van der Waals surface area (Å²) >= 11 is 0. The average Bonchev–Trinajstić information content (AvgIpc) is 2.89. The van der Waals surface area contributed by atoms with Gasteiger partial charge in [0.05, 0.1) is 12.0 Å². The van der Waals surface area contributed by atoms with Gasteiger partial charge in [-0.15, -0.1) is 0 Å². The number of rotatable bonds is 7. The van der Waals surface area contributed by atoms with E-state index in [1.165, 1.54) is 40.0 Å². The summed E-state index contributed by atoms with van der Waals surface area (Å²) in [7, 11) is -6.16. The van der Waals surface area contributed by atoms with Crippen LogP contribution in [0.2, 0.25) is 0 Å². The summed E-state index contributed by atoms with van der Waals surface area (Å²) < 4.78 is 73.3. The van der Waals surface area contributed by atoms with Crippen molar-refractivity contribution in [2.45, 2.75) is 41.9 Å². The highest BCUT2D eigenvalue weighted by atomic mass is 32.2. The summed E-state index contributed by atoms with van der Waals surface area (Å²) in [5.74, 6) is -1.05. The van der Waals surface area contributed by atoms with Gasteiger partial charge in [-0.1, -0.05) is 6.42 Å². The van der Waals surface area contributed by atoms with E-state index in [-0.39, 0.29) is 34.5 Å². The Hall–Kier alpha value is -2.54. The number of nitrogens with one attached hydrogen (secondary N) is 1. The number of hydrogen-bond donors (Lipinski definition) is 1. The van der Waals surface area contributed by atoms with Crippen LogP contribution in [0.25, 0.3) is 0 Å². The van der Waals surface area contributed by atoms with E-state index in [1.54, 1.807) is 6.07 Å². The van der Waals surface area contributed by atoms with Gasteiger partial charge < -0.3 is 10.1 Å². The highest BCUT2D eigenvalue weighted by Crippen LogP contribution is 2.32. The zero-order valence-electron chi connectivity index (χ0n) is 20.0. The molecule has 0 aliphatic carbocycles. The number of anilines is 1. The third-order valence-corrected chi connectivity index (χ3v) is 10.5. The quantitative estimate of drug-likeness (QED) is 0.579. The summed E-state index contributed by atoms with van der Waals surface area (Å²) in [5, 5.41) is 2.78. The van der Waals surface area contributed by atoms with Gasteiger partial charge in [0.15, 0.2) is 0 Å². The molecule has 0 unspecified atom stereocenters. The molecule has 2 aliphatic heterocycles. The predicted octanol–water partition coefficient (Wildman–Crippen LogP) is 3.05. The molecule has 12 heteroatoms. The topological polar surface area (TPSA) is 113 Å². The maximum Gasteiger partial charge on any atom is 0.246 e. The maximum absolute atomic E-state index is 13.2. The van der Waals surface area contributed by atoms with Gasteiger partial charge in [-0.3, -0.25) is 4.79 Å². The van der Waals surface area contributed by atoms with Crippen molar-refractivity contribution in [1.82, 2.24) is 8.61 Å². The van der Waals surface area contributed by atoms with E-state index in [0.29, 0.717) is 31.6 Å². The van der Waals surface area contributed by atoms with Gasteiger partial charge in [0.1, 0.15) is 16.5 Å². The third kappa shape index (κ3) is 5.56. The summed E-state index contributed by atoms with van der Waals surface area (Å²) in [5.41, 5.74) is 0.331. The molecular formula is C24H30FN3O6S2. The molecule has 0 saturated carbocycles. The van der Waals surface area contributed by atoms with Gasteiger partial charge in [-0.05, 0) is 68.1 Å². The molecule has 36 heavy (non-hydrogen) atoms. The molecule has 2 aliphatic rings. The SMILES string of the molecule is COc1ccc(NC(=O)C2CCN(S(=O)(=O)c3ccc(F)cc3)CC2)cc1S(=O)(=O)N1CCCCC1. The molecule has 2 aromatic carbocycles. The lowest BCUT2D eigenvalue weighted by Gasteiger charge is -2.30. The summed E-state index contributed by atoms with van der Waals surface area (Å²) in [6, 6.07) is 9.16. The number of carbonyl (C=O) groups excluding carboxylic acids is 1. The Morgan fingerprint density at radius 2 is 1.50 bits per heavy atom. The second kappa shape index (κ2) is 10.8. The number of piperidine rings is 2. The minimum Gasteiger partial charge on any atom is -0.495 e. The van der Waals surface area contributed by atoms with Crippen molar-refractivity contribution in [3.63, 3.8) is 0 Å². The van der Waals surface area contributed by atoms with Crippen LogP contribution in [-0.2, 0) is 24.8 Å². The lowest BCUT2D eigenvalue weighted by Crippen LogP contribution is -2.41. The van der Waals surface area contributed by atoms with Crippen LogP contribution in [0.5, 0.6) is 5.75 Å². The van der Waals surface area contributed by atoms with Crippen molar-refractivity contribution in [2.24, 2.45) is 5.92 Å². The van der Waals surface area contributed by atoms with E-state index in [9.17, 15) is 26.0 Å². The Morgan fingerprint density at radius 1 is 0.889 bits per heavy atom. The van der Waals surface area contributed by atoms with Gasteiger partial charge in [0.25, 0.3) is 0 Å². The van der Waals surface area contributed by atoms with E-state index >= 15 is 0 Å². The second-order valence-corrected chi connectivity index (χ2v) is 12.8. The van der Waals surface area contributed by atoms with E-state index < -0.39 is 31.8 Å². The molecule has 2 heterocycles. The molecule has 1 amide bonds. The van der Waals surface area contributed by atoms with Crippen LogP contribution in [-0.4, -0.2) is 64.6 Å². The van der Waals surface area contributed by atoms with E-state index in [1.807, 2.05) is 0 Å². The van der Waals surface area contributed by atoms with Gasteiger partial charge in [-0.25, -0.2) is 21.2 Å². The molecule has 2 saturated heterocycles. The molecule has 196 valence electrons. The Balaban J connectivity index is 1.43. The first kappa shape index (κ1) is 26.5. The van der Waals surface area contributed by atoms with Crippen LogP contribution in [0.15, 0.2) is 52.3 Å². The van der Waals surface area contributed by atoms with Crippen molar-refractivity contribution in [3.8, 4) is 5.75 Å². The summed E-state index contributed by atoms with van der Waals surface area (Å²) in [4.78, 5) is 12.9. The number of ether oxygens (including phenoxy) is 1. The van der Waals surface area contributed by atoms with Crippen LogP contribution in [0.3, 0.4) is 0 Å². The van der Waals surface area contributed by atoms with Gasteiger partial charge in [0, 0.05) is 37.8 Å². The summed E-state index contributed by atoms with van der Waals surface area (Å²) in [6.07, 6.45) is 3.20. The molecule has 0 radical (unpaired) electrons. The average molecular weight is 540 g/mol. The number of sulfonamides is 2. The van der Waals surface area contributed by atoms with Crippen molar-refractivity contribution >= 4 is 31.6 Å². The Bertz CT molecular complexity index is 1300. The van der Waals surface area contributed by atoms with Gasteiger partial charge in [0.2, 0.25) is 26.0 Å². The van der Waals surface area contributed by atoms with E-state index in [4.69, 9.17) is 4.74 Å². The number of methoxy groups -OCH3 is 1. The lowest BCUT2D eigenvalue weighted by atomic mass is 9.97. The van der Waals surface area contributed by atoms with E-state index in [2.05, 4.69) is 5.32 Å².